The van der Waals surface area contributed by atoms with E-state index in [-0.39, 0.29) is 11.3 Å². The van der Waals surface area contributed by atoms with Crippen molar-refractivity contribution in [2.45, 2.75) is 33.6 Å². The first kappa shape index (κ1) is 16.2. The van der Waals surface area contributed by atoms with Gasteiger partial charge in [-0.15, -0.1) is 0 Å². The van der Waals surface area contributed by atoms with Gasteiger partial charge in [-0.1, -0.05) is 20.8 Å². The van der Waals surface area contributed by atoms with Crippen LogP contribution in [0.2, 0.25) is 0 Å². The van der Waals surface area contributed by atoms with Crippen molar-refractivity contribution in [3.63, 3.8) is 0 Å². The summed E-state index contributed by atoms with van der Waals surface area (Å²) in [7, 11) is 0. The van der Waals surface area contributed by atoms with Crippen molar-refractivity contribution in [1.29, 1.82) is 5.26 Å². The zero-order valence-corrected chi connectivity index (χ0v) is 13.5. The summed E-state index contributed by atoms with van der Waals surface area (Å²) in [6, 6.07) is 2.09. The zero-order valence-electron chi connectivity index (χ0n) is 13.5. The lowest BCUT2D eigenvalue weighted by Gasteiger charge is -2.34. The van der Waals surface area contributed by atoms with Gasteiger partial charge in [0.2, 0.25) is 5.91 Å². The topological polar surface area (TPSA) is 81.9 Å². The van der Waals surface area contributed by atoms with Crippen LogP contribution in [0.1, 0.15) is 39.3 Å². The number of hydrogen-bond acceptors (Lipinski definition) is 5. The second kappa shape index (κ2) is 6.73. The molecule has 0 bridgehead atoms. The summed E-state index contributed by atoms with van der Waals surface area (Å²) in [5.74, 6) is 1.09. The predicted octanol–water partition coefficient (Wildman–Crippen LogP) is 1.73. The molecule has 0 saturated carbocycles. The molecular weight excluding hydrogens is 278 g/mol. The van der Waals surface area contributed by atoms with E-state index in [1.54, 1.807) is 6.20 Å². The van der Waals surface area contributed by atoms with E-state index in [1.165, 1.54) is 6.20 Å². The maximum absolute atomic E-state index is 12.0. The Labute approximate surface area is 131 Å². The fraction of sp³-hybridized carbons (Fsp3) is 0.625. The Hall–Kier alpha value is -2.16. The number of aromatic nitrogens is 2. The first-order valence-electron chi connectivity index (χ1n) is 7.66. The third kappa shape index (κ3) is 3.94. The fourth-order valence-electron chi connectivity index (χ4n) is 2.57. The molecule has 1 aromatic heterocycles. The van der Waals surface area contributed by atoms with Crippen LogP contribution in [0.3, 0.4) is 0 Å². The van der Waals surface area contributed by atoms with E-state index in [4.69, 9.17) is 5.26 Å². The van der Waals surface area contributed by atoms with Crippen molar-refractivity contribution < 1.29 is 4.79 Å². The summed E-state index contributed by atoms with van der Waals surface area (Å²) in [6.45, 7) is 8.06. The fourth-order valence-corrected chi connectivity index (χ4v) is 2.57. The van der Waals surface area contributed by atoms with Crippen molar-refractivity contribution in [2.75, 3.05) is 24.5 Å². The SMILES string of the molecule is CC(C)(C)C(=O)NCC1CCCN(c2nccnc2C#N)C1. The van der Waals surface area contributed by atoms with Gasteiger partial charge in [-0.05, 0) is 18.8 Å². The van der Waals surface area contributed by atoms with Gasteiger partial charge in [0.15, 0.2) is 11.5 Å². The minimum absolute atomic E-state index is 0.0711. The third-order valence-corrected chi connectivity index (χ3v) is 3.84. The molecule has 1 atom stereocenters. The normalized spacial score (nSPS) is 18.6. The Kier molecular flexibility index (Phi) is 4.96. The summed E-state index contributed by atoms with van der Waals surface area (Å²) in [5, 5.41) is 12.2. The highest BCUT2D eigenvalue weighted by atomic mass is 16.2. The number of nitriles is 1. The molecule has 22 heavy (non-hydrogen) atoms. The molecule has 1 unspecified atom stereocenters. The first-order valence-corrected chi connectivity index (χ1v) is 7.66. The predicted molar refractivity (Wildman–Crippen MR) is 84.1 cm³/mol. The highest BCUT2D eigenvalue weighted by molar-refractivity contribution is 5.81. The van der Waals surface area contributed by atoms with E-state index in [0.29, 0.717) is 24.0 Å². The van der Waals surface area contributed by atoms with Gasteiger partial charge in [-0.25, -0.2) is 9.97 Å². The van der Waals surface area contributed by atoms with Crippen LogP contribution < -0.4 is 10.2 Å². The lowest BCUT2D eigenvalue weighted by Crippen LogP contribution is -2.44. The zero-order chi connectivity index (χ0) is 16.2. The Bertz CT molecular complexity index is 573. The number of rotatable bonds is 3. The molecule has 1 aromatic rings. The molecule has 0 aromatic carbocycles. The van der Waals surface area contributed by atoms with Gasteiger partial charge in [0.25, 0.3) is 0 Å². The van der Waals surface area contributed by atoms with Crippen molar-refractivity contribution in [1.82, 2.24) is 15.3 Å². The monoisotopic (exact) mass is 301 g/mol. The molecule has 1 aliphatic rings. The van der Waals surface area contributed by atoms with Crippen molar-refractivity contribution in [3.8, 4) is 6.07 Å². The number of carbonyl (C=O) groups is 1. The van der Waals surface area contributed by atoms with E-state index < -0.39 is 0 Å². The molecule has 6 nitrogen and oxygen atoms in total. The van der Waals surface area contributed by atoms with Crippen molar-refractivity contribution in [3.05, 3.63) is 18.1 Å². The van der Waals surface area contributed by atoms with Crippen LogP contribution in [0.5, 0.6) is 0 Å². The van der Waals surface area contributed by atoms with Crippen LogP contribution in [-0.4, -0.2) is 35.5 Å². The van der Waals surface area contributed by atoms with Gasteiger partial charge in [0.1, 0.15) is 6.07 Å². The second-order valence-corrected chi connectivity index (χ2v) is 6.75. The van der Waals surface area contributed by atoms with Crippen LogP contribution in [0, 0.1) is 22.7 Å². The molecule has 1 saturated heterocycles. The minimum atomic E-state index is -0.368. The van der Waals surface area contributed by atoms with Crippen molar-refractivity contribution in [2.24, 2.45) is 11.3 Å². The average Bonchev–Trinajstić information content (AvgIpc) is 2.52. The number of anilines is 1. The van der Waals surface area contributed by atoms with E-state index in [9.17, 15) is 4.79 Å². The maximum Gasteiger partial charge on any atom is 0.225 e. The van der Waals surface area contributed by atoms with Gasteiger partial charge in [0.05, 0.1) is 0 Å². The molecule has 2 heterocycles. The summed E-state index contributed by atoms with van der Waals surface area (Å²) >= 11 is 0. The van der Waals surface area contributed by atoms with Gasteiger partial charge in [-0.2, -0.15) is 5.26 Å². The van der Waals surface area contributed by atoms with E-state index >= 15 is 0 Å². The van der Waals surface area contributed by atoms with Gasteiger partial charge < -0.3 is 10.2 Å². The third-order valence-electron chi connectivity index (χ3n) is 3.84. The number of amides is 1. The summed E-state index contributed by atoms with van der Waals surface area (Å²) < 4.78 is 0. The lowest BCUT2D eigenvalue weighted by atomic mass is 9.94. The molecule has 0 radical (unpaired) electrons. The molecule has 0 aliphatic carbocycles. The number of nitrogens with one attached hydrogen (secondary N) is 1. The second-order valence-electron chi connectivity index (χ2n) is 6.75. The van der Waals surface area contributed by atoms with Crippen LogP contribution in [0.25, 0.3) is 0 Å². The van der Waals surface area contributed by atoms with Crippen LogP contribution >= 0.6 is 0 Å². The molecule has 1 fully saturated rings. The quantitative estimate of drug-likeness (QED) is 0.919. The minimum Gasteiger partial charge on any atom is -0.355 e. The Balaban J connectivity index is 1.98. The van der Waals surface area contributed by atoms with Crippen LogP contribution in [0.15, 0.2) is 12.4 Å². The molecular formula is C16H23N5O. The smallest absolute Gasteiger partial charge is 0.225 e. The Morgan fingerprint density at radius 2 is 2.18 bits per heavy atom. The number of nitrogens with zero attached hydrogens (tertiary/aromatic N) is 4. The lowest BCUT2D eigenvalue weighted by molar-refractivity contribution is -0.128. The van der Waals surface area contributed by atoms with Crippen LogP contribution in [0.4, 0.5) is 5.82 Å². The Morgan fingerprint density at radius 1 is 1.45 bits per heavy atom. The van der Waals surface area contributed by atoms with Gasteiger partial charge in [-0.3, -0.25) is 4.79 Å². The molecule has 118 valence electrons. The Morgan fingerprint density at radius 3 is 2.86 bits per heavy atom. The largest absolute Gasteiger partial charge is 0.355 e. The summed E-state index contributed by atoms with van der Waals surface area (Å²) in [6.07, 6.45) is 5.24. The van der Waals surface area contributed by atoms with Gasteiger partial charge in [0, 0.05) is 37.4 Å². The first-order chi connectivity index (χ1) is 10.4. The number of piperidine rings is 1. The molecule has 1 N–H and O–H groups in total. The van der Waals surface area contributed by atoms with E-state index in [2.05, 4.69) is 26.3 Å². The molecule has 0 spiro atoms. The highest BCUT2D eigenvalue weighted by Gasteiger charge is 2.26. The highest BCUT2D eigenvalue weighted by Crippen LogP contribution is 2.23. The average molecular weight is 301 g/mol. The molecule has 6 heteroatoms. The van der Waals surface area contributed by atoms with E-state index in [0.717, 1.165) is 25.9 Å². The number of carbonyl (C=O) groups excluding carboxylic acids is 1. The number of hydrogen-bond donors (Lipinski definition) is 1. The van der Waals surface area contributed by atoms with Crippen LogP contribution in [-0.2, 0) is 4.79 Å². The van der Waals surface area contributed by atoms with E-state index in [1.807, 2.05) is 20.8 Å². The standard InChI is InChI=1S/C16H23N5O/c1-16(2,3)15(22)20-10-12-5-4-8-21(11-12)14-13(9-17)18-6-7-19-14/h6-7,12H,4-5,8,10-11H2,1-3H3,(H,20,22). The maximum atomic E-state index is 12.0. The van der Waals surface area contributed by atoms with Crippen molar-refractivity contribution >= 4 is 11.7 Å². The molecule has 1 aliphatic heterocycles. The summed E-state index contributed by atoms with van der Waals surface area (Å²) in [5.41, 5.74) is -0.00497. The van der Waals surface area contributed by atoms with Gasteiger partial charge >= 0.3 is 0 Å². The molecule has 2 rings (SSSR count). The molecule has 1 amide bonds. The summed E-state index contributed by atoms with van der Waals surface area (Å²) in [4.78, 5) is 22.4.